The van der Waals surface area contributed by atoms with Crippen molar-refractivity contribution in [3.05, 3.63) is 52.6 Å². The number of amides is 1. The molecule has 0 bridgehead atoms. The Kier molecular flexibility index (Phi) is 2.87. The summed E-state index contributed by atoms with van der Waals surface area (Å²) in [4.78, 5) is 22.0. The summed E-state index contributed by atoms with van der Waals surface area (Å²) in [6.45, 7) is 0. The Labute approximate surface area is 117 Å². The molecule has 0 spiro atoms. The summed E-state index contributed by atoms with van der Waals surface area (Å²) < 4.78 is 1.44. The van der Waals surface area contributed by atoms with Crippen molar-refractivity contribution in [2.24, 2.45) is 0 Å². The Bertz CT molecular complexity index is 657. The van der Waals surface area contributed by atoms with Gasteiger partial charge >= 0.3 is 0 Å². The third kappa shape index (κ3) is 1.81. The summed E-state index contributed by atoms with van der Waals surface area (Å²) in [6, 6.07) is 5.53. The lowest BCUT2D eigenvalue weighted by molar-refractivity contribution is -0.384. The number of carbonyl (C=O) groups excluding carboxylic acids is 1. The van der Waals surface area contributed by atoms with Gasteiger partial charge in [-0.15, -0.1) is 21.8 Å². The van der Waals surface area contributed by atoms with Crippen LogP contribution in [0.4, 0.5) is 5.69 Å². The van der Waals surface area contributed by atoms with E-state index in [0.717, 1.165) is 0 Å². The lowest BCUT2D eigenvalue weighted by atomic mass is 9.95. The highest BCUT2D eigenvalue weighted by atomic mass is 35.5. The number of carbonyl (C=O) groups is 1. The molecule has 1 fully saturated rings. The molecular formula is C11H8ClN5O3. The number of alkyl halides is 1. The number of nitrogens with zero attached hydrogens (tertiary/aromatic N) is 5. The van der Waals surface area contributed by atoms with Crippen LogP contribution in [0.15, 0.2) is 36.9 Å². The average Bonchev–Trinajstić information content (AvgIpc) is 2.97. The molecule has 2 unspecified atom stereocenters. The zero-order valence-electron chi connectivity index (χ0n) is 9.96. The highest BCUT2D eigenvalue weighted by Gasteiger charge is 2.48. The highest BCUT2D eigenvalue weighted by Crippen LogP contribution is 2.37. The summed E-state index contributed by atoms with van der Waals surface area (Å²) in [5.41, 5.74) is 0.699. The SMILES string of the molecule is O=C1C(Cl)C(c2ccc([N+](=O)[O-])cc2)N1n1cnnc1. The Morgan fingerprint density at radius 2 is 1.80 bits per heavy atom. The molecule has 0 radical (unpaired) electrons. The minimum atomic E-state index is -0.709. The lowest BCUT2D eigenvalue weighted by Gasteiger charge is -2.43. The summed E-state index contributed by atoms with van der Waals surface area (Å²) in [5, 5.41) is 18.6. The molecule has 1 amide bonds. The van der Waals surface area contributed by atoms with Crippen LogP contribution in [0.1, 0.15) is 11.6 Å². The van der Waals surface area contributed by atoms with Gasteiger partial charge in [-0.1, -0.05) is 0 Å². The van der Waals surface area contributed by atoms with Gasteiger partial charge in [0.1, 0.15) is 24.1 Å². The molecule has 9 heteroatoms. The molecule has 1 aromatic carbocycles. The van der Waals surface area contributed by atoms with Gasteiger partial charge in [0, 0.05) is 12.1 Å². The molecule has 2 aromatic rings. The number of hydrogen-bond donors (Lipinski definition) is 0. The second-order valence-electron chi connectivity index (χ2n) is 4.22. The van der Waals surface area contributed by atoms with E-state index in [1.807, 2.05) is 0 Å². The minimum Gasteiger partial charge on any atom is -0.271 e. The van der Waals surface area contributed by atoms with Gasteiger partial charge in [-0.05, 0) is 17.7 Å². The van der Waals surface area contributed by atoms with Crippen molar-refractivity contribution in [1.29, 1.82) is 0 Å². The van der Waals surface area contributed by atoms with E-state index in [0.29, 0.717) is 5.56 Å². The Hall–Kier alpha value is -2.48. The molecule has 3 rings (SSSR count). The molecule has 0 saturated carbocycles. The molecule has 8 nitrogen and oxygen atoms in total. The van der Waals surface area contributed by atoms with Crippen molar-refractivity contribution < 1.29 is 9.72 Å². The van der Waals surface area contributed by atoms with E-state index in [4.69, 9.17) is 11.6 Å². The van der Waals surface area contributed by atoms with Crippen molar-refractivity contribution >= 4 is 23.2 Å². The van der Waals surface area contributed by atoms with Crippen LogP contribution in [0, 0.1) is 10.1 Å². The monoisotopic (exact) mass is 293 g/mol. The number of non-ortho nitro benzene ring substituents is 1. The van der Waals surface area contributed by atoms with E-state index in [1.165, 1.54) is 34.5 Å². The van der Waals surface area contributed by atoms with Gasteiger partial charge in [-0.2, -0.15) is 0 Å². The lowest BCUT2D eigenvalue weighted by Crippen LogP contribution is -2.61. The fourth-order valence-electron chi connectivity index (χ4n) is 2.11. The molecule has 102 valence electrons. The van der Waals surface area contributed by atoms with Gasteiger partial charge in [-0.3, -0.25) is 14.9 Å². The summed E-state index contributed by atoms with van der Waals surface area (Å²) >= 11 is 6.03. The van der Waals surface area contributed by atoms with Gasteiger partial charge in [0.25, 0.3) is 11.6 Å². The first-order valence-corrected chi connectivity index (χ1v) is 6.09. The predicted molar refractivity (Wildman–Crippen MR) is 68.7 cm³/mol. The minimum absolute atomic E-state index is 0.0126. The van der Waals surface area contributed by atoms with Gasteiger partial charge < -0.3 is 0 Å². The molecule has 2 heterocycles. The number of hydrogen-bond acceptors (Lipinski definition) is 5. The average molecular weight is 294 g/mol. The summed E-state index contributed by atoms with van der Waals surface area (Å²) in [5.74, 6) is -0.269. The number of β-lactam (4-membered cyclic amide) rings is 1. The molecule has 1 saturated heterocycles. The Morgan fingerprint density at radius 3 is 2.35 bits per heavy atom. The van der Waals surface area contributed by atoms with Crippen LogP contribution in [-0.4, -0.2) is 31.1 Å². The van der Waals surface area contributed by atoms with E-state index in [1.54, 1.807) is 12.1 Å². The first-order chi connectivity index (χ1) is 9.59. The smallest absolute Gasteiger partial charge is 0.269 e. The first kappa shape index (κ1) is 12.5. The largest absolute Gasteiger partial charge is 0.271 e. The molecular weight excluding hydrogens is 286 g/mol. The maximum absolute atomic E-state index is 11.8. The van der Waals surface area contributed by atoms with Gasteiger partial charge in [0.15, 0.2) is 0 Å². The topological polar surface area (TPSA) is 94.2 Å². The number of nitro groups is 1. The van der Waals surface area contributed by atoms with Crippen LogP contribution in [0.3, 0.4) is 0 Å². The zero-order valence-corrected chi connectivity index (χ0v) is 10.7. The third-order valence-electron chi connectivity index (χ3n) is 3.10. The Morgan fingerprint density at radius 1 is 1.20 bits per heavy atom. The molecule has 1 aromatic heterocycles. The van der Waals surface area contributed by atoms with Crippen molar-refractivity contribution in [1.82, 2.24) is 14.9 Å². The first-order valence-electron chi connectivity index (χ1n) is 5.66. The van der Waals surface area contributed by atoms with Crippen molar-refractivity contribution in [2.45, 2.75) is 11.4 Å². The van der Waals surface area contributed by atoms with Crippen molar-refractivity contribution in [3.63, 3.8) is 0 Å². The molecule has 20 heavy (non-hydrogen) atoms. The van der Waals surface area contributed by atoms with E-state index in [-0.39, 0.29) is 11.6 Å². The van der Waals surface area contributed by atoms with Gasteiger partial charge in [-0.25, -0.2) is 9.69 Å². The molecule has 0 aliphatic carbocycles. The zero-order chi connectivity index (χ0) is 14.3. The van der Waals surface area contributed by atoms with E-state index in [9.17, 15) is 14.9 Å². The quantitative estimate of drug-likeness (QED) is 0.364. The number of rotatable bonds is 3. The molecule has 1 aliphatic rings. The van der Waals surface area contributed by atoms with Crippen LogP contribution in [0.25, 0.3) is 0 Å². The third-order valence-corrected chi connectivity index (χ3v) is 3.53. The molecule has 0 N–H and O–H groups in total. The van der Waals surface area contributed by atoms with Crippen LogP contribution >= 0.6 is 11.6 Å². The van der Waals surface area contributed by atoms with Crippen LogP contribution < -0.4 is 5.01 Å². The second kappa shape index (κ2) is 4.57. The normalized spacial score (nSPS) is 21.6. The van der Waals surface area contributed by atoms with E-state index >= 15 is 0 Å². The van der Waals surface area contributed by atoms with Crippen molar-refractivity contribution in [3.8, 4) is 0 Å². The fraction of sp³-hybridized carbons (Fsp3) is 0.182. The standard InChI is InChI=1S/C11H8ClN5O3/c12-9-10(7-1-3-8(4-2-7)17(19)20)16(11(9)18)15-5-13-14-6-15/h1-6,9-10H. The Balaban J connectivity index is 1.92. The maximum Gasteiger partial charge on any atom is 0.269 e. The van der Waals surface area contributed by atoms with Gasteiger partial charge in [0.2, 0.25) is 0 Å². The molecule has 1 aliphatic heterocycles. The highest BCUT2D eigenvalue weighted by molar-refractivity contribution is 6.36. The van der Waals surface area contributed by atoms with Crippen LogP contribution in [-0.2, 0) is 4.79 Å². The fourth-order valence-corrected chi connectivity index (χ4v) is 2.46. The summed E-state index contributed by atoms with van der Waals surface area (Å²) in [7, 11) is 0. The maximum atomic E-state index is 11.8. The molecule has 2 atom stereocenters. The van der Waals surface area contributed by atoms with E-state index < -0.39 is 16.3 Å². The number of nitro benzene ring substituents is 1. The second-order valence-corrected chi connectivity index (χ2v) is 4.69. The number of benzene rings is 1. The van der Waals surface area contributed by atoms with Crippen LogP contribution in [0.5, 0.6) is 0 Å². The van der Waals surface area contributed by atoms with E-state index in [2.05, 4.69) is 10.2 Å². The van der Waals surface area contributed by atoms with Crippen LogP contribution in [0.2, 0.25) is 0 Å². The predicted octanol–water partition coefficient (Wildman–Crippen LogP) is 1.01. The summed E-state index contributed by atoms with van der Waals surface area (Å²) in [6.07, 6.45) is 2.78. The van der Waals surface area contributed by atoms with Gasteiger partial charge in [0.05, 0.1) is 4.92 Å². The number of aromatic nitrogens is 3. The van der Waals surface area contributed by atoms with Crippen molar-refractivity contribution in [2.75, 3.05) is 5.01 Å². The number of halogens is 1.